The first-order valence-electron chi connectivity index (χ1n) is 6.32. The summed E-state index contributed by atoms with van der Waals surface area (Å²) in [6.07, 6.45) is 0. The van der Waals surface area contributed by atoms with Crippen LogP contribution in [-0.4, -0.2) is 4.92 Å². The van der Waals surface area contributed by atoms with Crippen LogP contribution in [-0.2, 0) is 13.1 Å². The fraction of sp³-hybridized carbons (Fsp3) is 0.200. The van der Waals surface area contributed by atoms with E-state index in [2.05, 4.69) is 0 Å². The van der Waals surface area contributed by atoms with Gasteiger partial charge in [-0.25, -0.2) is 4.39 Å². The molecule has 4 nitrogen and oxygen atoms in total. The summed E-state index contributed by atoms with van der Waals surface area (Å²) < 4.78 is 14.1. The fourth-order valence-electron chi connectivity index (χ4n) is 2.60. The highest BCUT2D eigenvalue weighted by atomic mass is 19.1. The topological polar surface area (TPSA) is 46.4 Å². The Hall–Kier alpha value is -2.43. The Kier molecular flexibility index (Phi) is 2.89. The molecule has 20 heavy (non-hydrogen) atoms. The lowest BCUT2D eigenvalue weighted by Crippen LogP contribution is -2.16. The van der Waals surface area contributed by atoms with Gasteiger partial charge in [0.1, 0.15) is 0 Å². The predicted molar refractivity (Wildman–Crippen MR) is 74.1 cm³/mol. The van der Waals surface area contributed by atoms with Gasteiger partial charge in [-0.15, -0.1) is 0 Å². The maximum absolute atomic E-state index is 14.1. The van der Waals surface area contributed by atoms with Gasteiger partial charge in [-0.1, -0.05) is 24.3 Å². The van der Waals surface area contributed by atoms with Crippen LogP contribution >= 0.6 is 0 Å². The Bertz CT molecular complexity index is 675. The van der Waals surface area contributed by atoms with Crippen LogP contribution in [0.2, 0.25) is 0 Å². The van der Waals surface area contributed by atoms with Crippen molar-refractivity contribution in [1.82, 2.24) is 0 Å². The van der Waals surface area contributed by atoms with Gasteiger partial charge in [0.15, 0.2) is 5.82 Å². The molecule has 0 fully saturated rings. The van der Waals surface area contributed by atoms with Crippen molar-refractivity contribution >= 4 is 11.4 Å². The van der Waals surface area contributed by atoms with Crippen molar-refractivity contribution in [3.63, 3.8) is 0 Å². The highest BCUT2D eigenvalue weighted by Crippen LogP contribution is 2.33. The van der Waals surface area contributed by atoms with E-state index in [0.29, 0.717) is 24.3 Å². The quantitative estimate of drug-likeness (QED) is 0.620. The van der Waals surface area contributed by atoms with Crippen LogP contribution in [0.3, 0.4) is 0 Å². The number of nitro groups is 1. The lowest BCUT2D eigenvalue weighted by Gasteiger charge is -2.19. The Labute approximate surface area is 115 Å². The molecule has 0 N–H and O–H groups in total. The van der Waals surface area contributed by atoms with Gasteiger partial charge in [0.05, 0.1) is 16.7 Å². The second kappa shape index (κ2) is 4.59. The highest BCUT2D eigenvalue weighted by Gasteiger charge is 2.24. The zero-order valence-electron chi connectivity index (χ0n) is 11.0. The summed E-state index contributed by atoms with van der Waals surface area (Å²) in [7, 11) is 0. The van der Waals surface area contributed by atoms with E-state index in [0.717, 1.165) is 6.07 Å². The summed E-state index contributed by atoms with van der Waals surface area (Å²) in [6, 6.07) is 10.5. The van der Waals surface area contributed by atoms with Gasteiger partial charge in [0, 0.05) is 18.7 Å². The molecule has 3 rings (SSSR count). The lowest BCUT2D eigenvalue weighted by atomic mass is 10.1. The molecule has 0 bridgehead atoms. The maximum Gasteiger partial charge on any atom is 0.275 e. The van der Waals surface area contributed by atoms with Crippen molar-refractivity contribution in [2.45, 2.75) is 20.0 Å². The summed E-state index contributed by atoms with van der Waals surface area (Å²) >= 11 is 0. The first kappa shape index (κ1) is 12.6. The first-order chi connectivity index (χ1) is 9.56. The minimum atomic E-state index is -0.555. The van der Waals surface area contributed by atoms with Gasteiger partial charge in [-0.2, -0.15) is 0 Å². The molecule has 0 aliphatic carbocycles. The molecule has 0 amide bonds. The van der Waals surface area contributed by atoms with Crippen LogP contribution in [0, 0.1) is 22.9 Å². The molecule has 2 aromatic rings. The number of aryl methyl sites for hydroxylation is 1. The van der Waals surface area contributed by atoms with Gasteiger partial charge < -0.3 is 4.90 Å². The van der Waals surface area contributed by atoms with Crippen LogP contribution in [0.1, 0.15) is 16.7 Å². The number of anilines is 1. The van der Waals surface area contributed by atoms with Crippen molar-refractivity contribution < 1.29 is 9.31 Å². The van der Waals surface area contributed by atoms with E-state index < -0.39 is 10.7 Å². The van der Waals surface area contributed by atoms with Gasteiger partial charge in [0.2, 0.25) is 0 Å². The molecule has 0 saturated carbocycles. The van der Waals surface area contributed by atoms with E-state index in [4.69, 9.17) is 0 Å². The molecular weight excluding hydrogens is 259 g/mol. The van der Waals surface area contributed by atoms with Crippen LogP contribution in [0.15, 0.2) is 36.4 Å². The largest absolute Gasteiger partial charge is 0.360 e. The van der Waals surface area contributed by atoms with E-state index in [1.165, 1.54) is 11.1 Å². The highest BCUT2D eigenvalue weighted by molar-refractivity contribution is 5.58. The SMILES string of the molecule is Cc1cc(N2Cc3ccccc3C2)c(F)cc1[N+](=O)[O-]. The number of hydrogen-bond donors (Lipinski definition) is 0. The number of rotatable bonds is 2. The Balaban J connectivity index is 1.97. The molecule has 1 aliphatic heterocycles. The standard InChI is InChI=1S/C15H13FN2O2/c1-10-6-15(13(16)7-14(10)18(19)20)17-8-11-4-2-3-5-12(11)9-17/h2-7H,8-9H2,1H3. The molecule has 0 unspecified atom stereocenters. The number of hydrogen-bond acceptors (Lipinski definition) is 3. The fourth-order valence-corrected chi connectivity index (χ4v) is 2.60. The summed E-state index contributed by atoms with van der Waals surface area (Å²) in [4.78, 5) is 12.2. The van der Waals surface area contributed by atoms with E-state index >= 15 is 0 Å². The molecule has 1 heterocycles. The number of nitro benzene ring substituents is 1. The van der Waals surface area contributed by atoms with Crippen LogP contribution < -0.4 is 4.90 Å². The summed E-state index contributed by atoms with van der Waals surface area (Å²) in [5, 5.41) is 10.8. The molecule has 2 aromatic carbocycles. The number of nitrogens with zero attached hydrogens (tertiary/aromatic N) is 2. The first-order valence-corrected chi connectivity index (χ1v) is 6.32. The Morgan fingerprint density at radius 1 is 1.20 bits per heavy atom. The second-order valence-corrected chi connectivity index (χ2v) is 4.97. The molecule has 0 saturated heterocycles. The zero-order valence-corrected chi connectivity index (χ0v) is 11.0. The summed E-state index contributed by atoms with van der Waals surface area (Å²) in [5.74, 6) is -0.546. The molecular formula is C15H13FN2O2. The predicted octanol–water partition coefficient (Wildman–Crippen LogP) is 3.56. The van der Waals surface area contributed by atoms with Crippen molar-refractivity contribution in [1.29, 1.82) is 0 Å². The Morgan fingerprint density at radius 3 is 2.35 bits per heavy atom. The monoisotopic (exact) mass is 272 g/mol. The smallest absolute Gasteiger partial charge is 0.275 e. The minimum Gasteiger partial charge on any atom is -0.360 e. The van der Waals surface area contributed by atoms with E-state index in [1.54, 1.807) is 13.0 Å². The third-order valence-electron chi connectivity index (χ3n) is 3.64. The van der Waals surface area contributed by atoms with Crippen molar-refractivity contribution in [2.75, 3.05) is 4.90 Å². The summed E-state index contributed by atoms with van der Waals surface area (Å²) in [5.41, 5.74) is 3.06. The van der Waals surface area contributed by atoms with Crippen LogP contribution in [0.25, 0.3) is 0 Å². The average Bonchev–Trinajstić information content (AvgIpc) is 2.84. The van der Waals surface area contributed by atoms with Gasteiger partial charge in [-0.05, 0) is 24.1 Å². The number of halogens is 1. The van der Waals surface area contributed by atoms with Crippen molar-refractivity contribution in [3.8, 4) is 0 Å². The van der Waals surface area contributed by atoms with Crippen molar-refractivity contribution in [2.24, 2.45) is 0 Å². The summed E-state index contributed by atoms with van der Waals surface area (Å²) in [6.45, 7) is 2.89. The van der Waals surface area contributed by atoms with Crippen molar-refractivity contribution in [3.05, 3.63) is 69.0 Å². The van der Waals surface area contributed by atoms with E-state index in [-0.39, 0.29) is 5.69 Å². The molecule has 102 valence electrons. The molecule has 0 atom stereocenters. The van der Waals surface area contributed by atoms with E-state index in [1.807, 2.05) is 29.2 Å². The van der Waals surface area contributed by atoms with Gasteiger partial charge in [-0.3, -0.25) is 10.1 Å². The van der Waals surface area contributed by atoms with Crippen LogP contribution in [0.4, 0.5) is 15.8 Å². The normalized spacial score (nSPS) is 13.4. The van der Waals surface area contributed by atoms with Crippen LogP contribution in [0.5, 0.6) is 0 Å². The third-order valence-corrected chi connectivity index (χ3v) is 3.64. The second-order valence-electron chi connectivity index (χ2n) is 4.97. The zero-order chi connectivity index (χ0) is 14.3. The third kappa shape index (κ3) is 2.01. The number of benzene rings is 2. The molecule has 5 heteroatoms. The number of fused-ring (bicyclic) bond motifs is 1. The Morgan fingerprint density at radius 2 is 1.80 bits per heavy atom. The van der Waals surface area contributed by atoms with Gasteiger partial charge in [0.25, 0.3) is 5.69 Å². The molecule has 1 aliphatic rings. The molecule has 0 spiro atoms. The van der Waals surface area contributed by atoms with Gasteiger partial charge >= 0.3 is 0 Å². The minimum absolute atomic E-state index is 0.178. The average molecular weight is 272 g/mol. The maximum atomic E-state index is 14.1. The molecule has 0 radical (unpaired) electrons. The van der Waals surface area contributed by atoms with E-state index in [9.17, 15) is 14.5 Å². The lowest BCUT2D eigenvalue weighted by molar-refractivity contribution is -0.385. The molecule has 0 aromatic heterocycles.